The van der Waals surface area contributed by atoms with Crippen molar-refractivity contribution in [2.45, 2.75) is 57.1 Å². The molecule has 29 heavy (non-hydrogen) atoms. The number of sulfonamides is 1. The second kappa shape index (κ2) is 13.4. The maximum absolute atomic E-state index is 12.4. The second-order valence-corrected chi connectivity index (χ2v) is 9.29. The molecule has 9 heteroatoms. The van der Waals surface area contributed by atoms with Gasteiger partial charge in [-0.05, 0) is 49.3 Å². The summed E-state index contributed by atoms with van der Waals surface area (Å²) in [6, 6.07) is 6.90. The molecule has 1 fully saturated rings. The molecule has 0 spiro atoms. The first-order valence-electron chi connectivity index (χ1n) is 10.1. The monoisotopic (exact) mass is 538 g/mol. The normalized spacial score (nSPS) is 17.2. The summed E-state index contributed by atoms with van der Waals surface area (Å²) in [4.78, 5) is 4.48. The molecule has 0 aliphatic carbocycles. The summed E-state index contributed by atoms with van der Waals surface area (Å²) < 4.78 is 32.9. The van der Waals surface area contributed by atoms with Crippen LogP contribution in [0.25, 0.3) is 0 Å². The largest absolute Gasteiger partial charge is 0.377 e. The number of nitrogens with one attached hydrogen (secondary N) is 3. The van der Waals surface area contributed by atoms with Crippen LogP contribution in [0, 0.1) is 5.92 Å². The lowest BCUT2D eigenvalue weighted by atomic mass is 10.1. The second-order valence-electron chi connectivity index (χ2n) is 7.52. The Kier molecular flexibility index (Phi) is 12.1. The van der Waals surface area contributed by atoms with Crippen LogP contribution in [0.3, 0.4) is 0 Å². The minimum atomic E-state index is -3.51. The number of halogens is 1. The Hall–Kier alpha value is -0.910. The van der Waals surface area contributed by atoms with Gasteiger partial charge in [-0.15, -0.1) is 24.0 Å². The minimum absolute atomic E-state index is 0. The molecule has 1 aliphatic rings. The number of guanidine groups is 1. The summed E-state index contributed by atoms with van der Waals surface area (Å²) in [6.07, 6.45) is 4.16. The van der Waals surface area contributed by atoms with E-state index < -0.39 is 10.0 Å². The van der Waals surface area contributed by atoms with Crippen molar-refractivity contribution in [3.05, 3.63) is 29.8 Å². The number of hydrogen-bond donors (Lipinski definition) is 3. The van der Waals surface area contributed by atoms with Gasteiger partial charge in [0.05, 0.1) is 11.0 Å². The molecule has 1 saturated heterocycles. The summed E-state index contributed by atoms with van der Waals surface area (Å²) in [5, 5.41) is 6.55. The Morgan fingerprint density at radius 1 is 1.24 bits per heavy atom. The predicted molar refractivity (Wildman–Crippen MR) is 128 cm³/mol. The van der Waals surface area contributed by atoms with Crippen molar-refractivity contribution in [1.82, 2.24) is 15.4 Å². The van der Waals surface area contributed by atoms with Crippen LogP contribution in [0.2, 0.25) is 0 Å². The third kappa shape index (κ3) is 9.63. The lowest BCUT2D eigenvalue weighted by molar-refractivity contribution is 0.114. The van der Waals surface area contributed by atoms with Crippen LogP contribution in [0.1, 0.15) is 45.1 Å². The van der Waals surface area contributed by atoms with E-state index in [0.29, 0.717) is 25.6 Å². The van der Waals surface area contributed by atoms with Gasteiger partial charge in [0.25, 0.3) is 0 Å². The lowest BCUT2D eigenvalue weighted by Crippen LogP contribution is -2.37. The van der Waals surface area contributed by atoms with E-state index in [1.165, 1.54) is 6.42 Å². The molecule has 0 amide bonds. The molecule has 0 saturated carbocycles. The molecular weight excluding hydrogens is 503 g/mol. The first-order valence-corrected chi connectivity index (χ1v) is 11.5. The van der Waals surface area contributed by atoms with Gasteiger partial charge in [0, 0.05) is 33.3 Å². The molecule has 166 valence electrons. The van der Waals surface area contributed by atoms with Gasteiger partial charge < -0.3 is 15.4 Å². The van der Waals surface area contributed by atoms with E-state index in [1.807, 2.05) is 12.1 Å². The maximum atomic E-state index is 12.4. The highest BCUT2D eigenvalue weighted by atomic mass is 127. The van der Waals surface area contributed by atoms with Crippen molar-refractivity contribution in [3.63, 3.8) is 0 Å². The molecule has 1 heterocycles. The average molecular weight is 538 g/mol. The summed E-state index contributed by atoms with van der Waals surface area (Å²) in [6.45, 7) is 6.93. The van der Waals surface area contributed by atoms with E-state index in [0.717, 1.165) is 37.3 Å². The van der Waals surface area contributed by atoms with Crippen molar-refractivity contribution in [2.24, 2.45) is 10.9 Å². The van der Waals surface area contributed by atoms with Crippen molar-refractivity contribution >= 4 is 40.0 Å². The quantitative estimate of drug-likeness (QED) is 0.185. The molecule has 1 aromatic carbocycles. The fraction of sp³-hybridized carbons (Fsp3) is 0.650. The highest BCUT2D eigenvalue weighted by Gasteiger charge is 2.20. The first-order chi connectivity index (χ1) is 13.4. The number of aliphatic imine (C=N–C) groups is 1. The lowest BCUT2D eigenvalue weighted by Gasteiger charge is -2.13. The standard InChI is InChI=1S/C20H34N4O3S.HI/c1-16(2)6-4-12-22-20(21-3)23-14-17-8-10-19(11-9-17)28(25,26)24-15-18-7-5-13-27-18;/h8-11,16,18,24H,4-7,12-15H2,1-3H3,(H2,21,22,23);1H. The van der Waals surface area contributed by atoms with Gasteiger partial charge in [-0.3, -0.25) is 4.99 Å². The highest BCUT2D eigenvalue weighted by Crippen LogP contribution is 2.14. The summed E-state index contributed by atoms with van der Waals surface area (Å²) in [5.74, 6) is 1.45. The van der Waals surface area contributed by atoms with E-state index in [1.54, 1.807) is 19.2 Å². The molecular formula is C20H35IN4O3S. The first kappa shape index (κ1) is 26.1. The van der Waals surface area contributed by atoms with Crippen LogP contribution in [-0.4, -0.2) is 47.2 Å². The molecule has 1 aromatic rings. The van der Waals surface area contributed by atoms with E-state index in [4.69, 9.17) is 4.74 Å². The van der Waals surface area contributed by atoms with E-state index >= 15 is 0 Å². The van der Waals surface area contributed by atoms with Crippen LogP contribution in [0.5, 0.6) is 0 Å². The predicted octanol–water partition coefficient (Wildman–Crippen LogP) is 2.86. The number of benzene rings is 1. The zero-order chi connectivity index (χ0) is 20.4. The Balaban J connectivity index is 0.00000420. The molecule has 1 aliphatic heterocycles. The third-order valence-electron chi connectivity index (χ3n) is 4.69. The third-order valence-corrected chi connectivity index (χ3v) is 6.13. The van der Waals surface area contributed by atoms with Gasteiger partial charge in [0.15, 0.2) is 5.96 Å². The Labute approximate surface area is 192 Å². The van der Waals surface area contributed by atoms with Crippen LogP contribution in [0.4, 0.5) is 0 Å². The number of ether oxygens (including phenoxy) is 1. The average Bonchev–Trinajstić information content (AvgIpc) is 3.20. The maximum Gasteiger partial charge on any atom is 0.240 e. The van der Waals surface area contributed by atoms with Crippen LogP contribution in [-0.2, 0) is 21.3 Å². The van der Waals surface area contributed by atoms with E-state index in [9.17, 15) is 8.42 Å². The Morgan fingerprint density at radius 3 is 2.55 bits per heavy atom. The smallest absolute Gasteiger partial charge is 0.240 e. The highest BCUT2D eigenvalue weighted by molar-refractivity contribution is 14.0. The fourth-order valence-electron chi connectivity index (χ4n) is 3.00. The number of nitrogens with zero attached hydrogens (tertiary/aromatic N) is 1. The van der Waals surface area contributed by atoms with Gasteiger partial charge in [0.2, 0.25) is 10.0 Å². The van der Waals surface area contributed by atoms with Gasteiger partial charge >= 0.3 is 0 Å². The molecule has 0 bridgehead atoms. The van der Waals surface area contributed by atoms with E-state index in [2.05, 4.69) is 34.2 Å². The molecule has 7 nitrogen and oxygen atoms in total. The summed E-state index contributed by atoms with van der Waals surface area (Å²) in [7, 11) is -1.77. The van der Waals surface area contributed by atoms with Crippen LogP contribution < -0.4 is 15.4 Å². The van der Waals surface area contributed by atoms with Gasteiger partial charge in [-0.25, -0.2) is 13.1 Å². The van der Waals surface area contributed by atoms with Crippen molar-refractivity contribution in [2.75, 3.05) is 26.7 Å². The summed E-state index contributed by atoms with van der Waals surface area (Å²) in [5.41, 5.74) is 0.989. The molecule has 0 aromatic heterocycles. The molecule has 1 unspecified atom stereocenters. The number of hydrogen-bond acceptors (Lipinski definition) is 4. The number of rotatable bonds is 10. The molecule has 1 atom stereocenters. The van der Waals surface area contributed by atoms with Gasteiger partial charge in [-0.2, -0.15) is 0 Å². The van der Waals surface area contributed by atoms with Gasteiger partial charge in [0.1, 0.15) is 0 Å². The molecule has 2 rings (SSSR count). The minimum Gasteiger partial charge on any atom is -0.377 e. The van der Waals surface area contributed by atoms with Crippen LogP contribution >= 0.6 is 24.0 Å². The van der Waals surface area contributed by atoms with Crippen LogP contribution in [0.15, 0.2) is 34.2 Å². The van der Waals surface area contributed by atoms with Gasteiger partial charge in [-0.1, -0.05) is 26.0 Å². The zero-order valence-corrected chi connectivity index (χ0v) is 20.8. The molecule has 0 radical (unpaired) electrons. The SMILES string of the molecule is CN=C(NCCCC(C)C)NCc1ccc(S(=O)(=O)NCC2CCCO2)cc1.I. The summed E-state index contributed by atoms with van der Waals surface area (Å²) >= 11 is 0. The van der Waals surface area contributed by atoms with E-state index in [-0.39, 0.29) is 35.0 Å². The molecule has 3 N–H and O–H groups in total. The zero-order valence-electron chi connectivity index (χ0n) is 17.6. The Bertz CT molecular complexity index is 718. The van der Waals surface area contributed by atoms with Crippen molar-refractivity contribution < 1.29 is 13.2 Å². The van der Waals surface area contributed by atoms with Crippen molar-refractivity contribution in [3.8, 4) is 0 Å². The van der Waals surface area contributed by atoms with Crippen molar-refractivity contribution in [1.29, 1.82) is 0 Å². The Morgan fingerprint density at radius 2 is 1.97 bits per heavy atom. The topological polar surface area (TPSA) is 91.8 Å². The fourth-order valence-corrected chi connectivity index (χ4v) is 4.07.